The van der Waals surface area contributed by atoms with Crippen LogP contribution in [0.15, 0.2) is 82.0 Å². The molecule has 1 aromatic heterocycles. The first-order valence-corrected chi connectivity index (χ1v) is 12.5. The molecule has 0 aliphatic carbocycles. The normalized spacial score (nSPS) is 14.8. The van der Waals surface area contributed by atoms with Crippen LogP contribution < -0.4 is 19.8 Å². The van der Waals surface area contributed by atoms with E-state index in [1.807, 2.05) is 55.5 Å². The molecule has 0 bridgehead atoms. The number of carbonyl (C=O) groups is 1. The molecule has 0 spiro atoms. The summed E-state index contributed by atoms with van der Waals surface area (Å²) in [4.78, 5) is 29.1. The Hall–Kier alpha value is -4.06. The van der Waals surface area contributed by atoms with Gasteiger partial charge in [0.05, 0.1) is 30.2 Å². The van der Waals surface area contributed by atoms with Crippen LogP contribution in [0.25, 0.3) is 11.0 Å². The lowest BCUT2D eigenvalue weighted by molar-refractivity contribution is 0.0971. The van der Waals surface area contributed by atoms with Gasteiger partial charge in [0.15, 0.2) is 5.43 Å². The summed E-state index contributed by atoms with van der Waals surface area (Å²) in [7, 11) is 0. The van der Waals surface area contributed by atoms with Gasteiger partial charge in [-0.2, -0.15) is 0 Å². The maximum absolute atomic E-state index is 13.7. The lowest BCUT2D eigenvalue weighted by Crippen LogP contribution is -2.29. The van der Waals surface area contributed by atoms with Gasteiger partial charge in [0, 0.05) is 5.69 Å². The van der Waals surface area contributed by atoms with Crippen molar-refractivity contribution in [2.75, 3.05) is 18.1 Å². The maximum Gasteiger partial charge on any atom is 0.295 e. The monoisotopic (exact) mass is 483 g/mol. The maximum atomic E-state index is 13.7. The third-order valence-corrected chi connectivity index (χ3v) is 6.39. The van der Waals surface area contributed by atoms with Crippen LogP contribution in [0.2, 0.25) is 0 Å². The van der Waals surface area contributed by atoms with E-state index in [1.165, 1.54) is 0 Å². The second kappa shape index (κ2) is 10.3. The second-order valence-corrected chi connectivity index (χ2v) is 8.80. The number of hydrogen-bond donors (Lipinski definition) is 0. The molecule has 1 unspecified atom stereocenters. The van der Waals surface area contributed by atoms with Crippen LogP contribution in [0.1, 0.15) is 60.8 Å². The molecule has 0 N–H and O–H groups in total. The predicted octanol–water partition coefficient (Wildman–Crippen LogP) is 6.51. The molecule has 1 atom stereocenters. The van der Waals surface area contributed by atoms with Crippen LogP contribution in [-0.4, -0.2) is 19.1 Å². The molecule has 5 rings (SSSR count). The van der Waals surface area contributed by atoms with Gasteiger partial charge < -0.3 is 13.9 Å². The van der Waals surface area contributed by atoms with E-state index in [0.717, 1.165) is 24.8 Å². The van der Waals surface area contributed by atoms with E-state index >= 15 is 0 Å². The number of amides is 1. The van der Waals surface area contributed by atoms with E-state index in [4.69, 9.17) is 13.9 Å². The molecule has 0 fully saturated rings. The molecule has 3 aromatic carbocycles. The topological polar surface area (TPSA) is 69.0 Å². The highest BCUT2D eigenvalue weighted by atomic mass is 16.5. The fourth-order valence-corrected chi connectivity index (χ4v) is 4.69. The molecule has 0 radical (unpaired) electrons. The van der Waals surface area contributed by atoms with Crippen molar-refractivity contribution in [1.29, 1.82) is 0 Å². The second-order valence-electron chi connectivity index (χ2n) is 8.80. The van der Waals surface area contributed by atoms with E-state index in [1.54, 1.807) is 29.2 Å². The zero-order chi connectivity index (χ0) is 25.1. The summed E-state index contributed by atoms with van der Waals surface area (Å²) in [6, 6.07) is 21.3. The highest BCUT2D eigenvalue weighted by molar-refractivity contribution is 6.10. The summed E-state index contributed by atoms with van der Waals surface area (Å²) in [6.45, 7) is 5.24. The quantitative estimate of drug-likeness (QED) is 0.254. The van der Waals surface area contributed by atoms with Crippen molar-refractivity contribution in [1.82, 2.24) is 0 Å². The van der Waals surface area contributed by atoms with E-state index in [2.05, 4.69) is 6.92 Å². The predicted molar refractivity (Wildman–Crippen MR) is 140 cm³/mol. The van der Waals surface area contributed by atoms with Gasteiger partial charge in [0.1, 0.15) is 17.1 Å². The molecule has 2 heterocycles. The zero-order valence-corrected chi connectivity index (χ0v) is 20.5. The molecule has 1 aliphatic heterocycles. The molecule has 0 saturated carbocycles. The standard InChI is InChI=1S/C30H29NO5/c1-3-5-8-18-35-23-11-9-10-20(19-23)27-26-28(32)24-12-6-7-13-25(24)36-29(26)30(33)31(27)21-14-16-22(17-15-21)34-4-2/h6-7,9-17,19,27H,3-5,8,18H2,1-2H3. The van der Waals surface area contributed by atoms with Gasteiger partial charge in [-0.1, -0.05) is 44.0 Å². The Morgan fingerprint density at radius 1 is 0.861 bits per heavy atom. The first-order valence-electron chi connectivity index (χ1n) is 12.5. The van der Waals surface area contributed by atoms with Crippen LogP contribution in [0, 0.1) is 0 Å². The van der Waals surface area contributed by atoms with Crippen molar-refractivity contribution in [3.05, 3.63) is 99.9 Å². The van der Waals surface area contributed by atoms with Gasteiger partial charge in [-0.25, -0.2) is 0 Å². The van der Waals surface area contributed by atoms with Gasteiger partial charge in [-0.3, -0.25) is 14.5 Å². The number of carbonyl (C=O) groups excluding carboxylic acids is 1. The van der Waals surface area contributed by atoms with Crippen molar-refractivity contribution in [3.8, 4) is 11.5 Å². The third kappa shape index (κ3) is 4.35. The molecule has 6 nitrogen and oxygen atoms in total. The van der Waals surface area contributed by atoms with Crippen LogP contribution in [0.4, 0.5) is 5.69 Å². The summed E-state index contributed by atoms with van der Waals surface area (Å²) in [5.74, 6) is 1.15. The minimum Gasteiger partial charge on any atom is -0.494 e. The highest BCUT2D eigenvalue weighted by Crippen LogP contribution is 2.42. The molecular weight excluding hydrogens is 454 g/mol. The fraction of sp³-hybridized carbons (Fsp3) is 0.267. The fourth-order valence-electron chi connectivity index (χ4n) is 4.69. The van der Waals surface area contributed by atoms with Crippen molar-refractivity contribution in [3.63, 3.8) is 0 Å². The van der Waals surface area contributed by atoms with E-state index in [9.17, 15) is 9.59 Å². The zero-order valence-electron chi connectivity index (χ0n) is 20.5. The molecule has 0 saturated heterocycles. The van der Waals surface area contributed by atoms with Crippen LogP contribution in [-0.2, 0) is 0 Å². The Labute approximate surface area is 210 Å². The molecule has 6 heteroatoms. The van der Waals surface area contributed by atoms with Crippen molar-refractivity contribution >= 4 is 22.6 Å². The van der Waals surface area contributed by atoms with E-state index in [0.29, 0.717) is 46.9 Å². The lowest BCUT2D eigenvalue weighted by atomic mass is 9.98. The molecule has 1 amide bonds. The Morgan fingerprint density at radius 3 is 2.44 bits per heavy atom. The first kappa shape index (κ1) is 23.7. The molecule has 184 valence electrons. The van der Waals surface area contributed by atoms with E-state index < -0.39 is 6.04 Å². The Morgan fingerprint density at radius 2 is 1.67 bits per heavy atom. The molecule has 1 aliphatic rings. The number of hydrogen-bond acceptors (Lipinski definition) is 5. The van der Waals surface area contributed by atoms with Gasteiger partial charge in [-0.15, -0.1) is 0 Å². The lowest BCUT2D eigenvalue weighted by Gasteiger charge is -2.25. The average Bonchev–Trinajstić information content (AvgIpc) is 3.20. The molecule has 36 heavy (non-hydrogen) atoms. The third-order valence-electron chi connectivity index (χ3n) is 6.39. The molecular formula is C30H29NO5. The number of anilines is 1. The number of benzene rings is 3. The van der Waals surface area contributed by atoms with Crippen molar-refractivity contribution in [2.45, 2.75) is 39.2 Å². The van der Waals surface area contributed by atoms with Gasteiger partial charge >= 0.3 is 0 Å². The summed E-state index contributed by atoms with van der Waals surface area (Å²) in [6.07, 6.45) is 3.19. The summed E-state index contributed by atoms with van der Waals surface area (Å²) in [5, 5.41) is 0.453. The number of unbranched alkanes of at least 4 members (excludes halogenated alkanes) is 2. The van der Waals surface area contributed by atoms with Crippen LogP contribution in [0.5, 0.6) is 11.5 Å². The van der Waals surface area contributed by atoms with Gasteiger partial charge in [0.2, 0.25) is 5.76 Å². The number of nitrogens with zero attached hydrogens (tertiary/aromatic N) is 1. The Kier molecular flexibility index (Phi) is 6.76. The van der Waals surface area contributed by atoms with Gasteiger partial charge in [-0.05, 0) is 67.4 Å². The first-order chi connectivity index (χ1) is 17.6. The number of rotatable bonds is 9. The smallest absolute Gasteiger partial charge is 0.295 e. The van der Waals surface area contributed by atoms with Crippen molar-refractivity contribution in [2.24, 2.45) is 0 Å². The number of fused-ring (bicyclic) bond motifs is 2. The largest absolute Gasteiger partial charge is 0.494 e. The Bertz CT molecular complexity index is 1440. The van der Waals surface area contributed by atoms with Gasteiger partial charge in [0.25, 0.3) is 5.91 Å². The summed E-state index contributed by atoms with van der Waals surface area (Å²) in [5.41, 5.74) is 1.97. The average molecular weight is 484 g/mol. The summed E-state index contributed by atoms with van der Waals surface area (Å²) >= 11 is 0. The SMILES string of the molecule is CCCCCOc1cccc(C2c3c(oc4ccccc4c3=O)C(=O)N2c2ccc(OCC)cc2)c1. The van der Waals surface area contributed by atoms with Crippen LogP contribution in [0.3, 0.4) is 0 Å². The number of para-hydroxylation sites is 1. The van der Waals surface area contributed by atoms with Crippen LogP contribution >= 0.6 is 0 Å². The Balaban J connectivity index is 1.63. The minimum absolute atomic E-state index is 0.0758. The number of ether oxygens (including phenoxy) is 2. The highest BCUT2D eigenvalue weighted by Gasteiger charge is 2.43. The summed E-state index contributed by atoms with van der Waals surface area (Å²) < 4.78 is 17.6. The molecule has 4 aromatic rings. The van der Waals surface area contributed by atoms with Crippen molar-refractivity contribution < 1.29 is 18.7 Å². The minimum atomic E-state index is -0.648. The van der Waals surface area contributed by atoms with E-state index in [-0.39, 0.29) is 17.1 Å².